The average molecular weight is 391 g/mol. The van der Waals surface area contributed by atoms with Gasteiger partial charge >= 0.3 is 5.97 Å². The molecule has 0 aliphatic rings. The average Bonchev–Trinajstić information content (AvgIpc) is 2.64. The second kappa shape index (κ2) is 15.2. The Bertz CT molecular complexity index is 578. The first kappa shape index (κ1) is 24.2. The molecule has 0 spiro atoms. The van der Waals surface area contributed by atoms with E-state index in [0.717, 1.165) is 44.1 Å². The van der Waals surface area contributed by atoms with Crippen molar-refractivity contribution < 1.29 is 20.1 Å². The highest BCUT2D eigenvalue weighted by Gasteiger charge is 2.14. The summed E-state index contributed by atoms with van der Waals surface area (Å²) in [5, 5.41) is 28.1. The molecule has 0 amide bonds. The van der Waals surface area contributed by atoms with Crippen molar-refractivity contribution >= 4 is 5.97 Å². The van der Waals surface area contributed by atoms with E-state index in [-0.39, 0.29) is 17.4 Å². The molecule has 0 radical (unpaired) electrons. The first-order chi connectivity index (χ1) is 13.5. The molecule has 0 fully saturated rings. The summed E-state index contributed by atoms with van der Waals surface area (Å²) in [7, 11) is 0. The van der Waals surface area contributed by atoms with Crippen LogP contribution in [0, 0.1) is 0 Å². The third kappa shape index (κ3) is 11.1. The van der Waals surface area contributed by atoms with Gasteiger partial charge in [-0.25, -0.2) is 4.79 Å². The number of hydrogen-bond donors (Lipinski definition) is 3. The number of aryl methyl sites for hydroxylation is 1. The van der Waals surface area contributed by atoms with Gasteiger partial charge in [-0.1, -0.05) is 62.8 Å². The highest BCUT2D eigenvalue weighted by atomic mass is 16.4. The van der Waals surface area contributed by atoms with E-state index in [1.165, 1.54) is 44.6 Å². The standard InChI is InChI=1S/C24H38O4/c1-20(25)16-13-11-9-7-5-3-2-4-6-8-10-12-14-17-21-18-15-19-22(26)23(21)24(27)28/h2-3,15,18-20,25-26H,4-14,16-17H2,1H3,(H,27,28)/b3-2-. The van der Waals surface area contributed by atoms with E-state index in [1.54, 1.807) is 12.1 Å². The van der Waals surface area contributed by atoms with Crippen molar-refractivity contribution in [3.05, 3.63) is 41.5 Å². The fraction of sp³-hybridized carbons (Fsp3) is 0.625. The minimum atomic E-state index is -1.06. The summed E-state index contributed by atoms with van der Waals surface area (Å²) < 4.78 is 0. The summed E-state index contributed by atoms with van der Waals surface area (Å²) in [4.78, 5) is 11.2. The van der Waals surface area contributed by atoms with E-state index in [2.05, 4.69) is 12.2 Å². The fourth-order valence-corrected chi connectivity index (χ4v) is 3.44. The number of aromatic hydroxyl groups is 1. The van der Waals surface area contributed by atoms with Crippen molar-refractivity contribution in [2.24, 2.45) is 0 Å². The first-order valence-electron chi connectivity index (χ1n) is 10.9. The van der Waals surface area contributed by atoms with Crippen molar-refractivity contribution in [2.45, 2.75) is 96.5 Å². The normalized spacial score (nSPS) is 12.5. The maximum Gasteiger partial charge on any atom is 0.339 e. The maximum absolute atomic E-state index is 11.2. The Morgan fingerprint density at radius 3 is 2.11 bits per heavy atom. The van der Waals surface area contributed by atoms with Gasteiger partial charge in [-0.05, 0) is 63.5 Å². The number of carboxylic acid groups (broad SMARTS) is 1. The first-order valence-corrected chi connectivity index (χ1v) is 10.9. The smallest absolute Gasteiger partial charge is 0.339 e. The van der Waals surface area contributed by atoms with Crippen LogP contribution in [-0.4, -0.2) is 27.4 Å². The Hall–Kier alpha value is -1.81. The third-order valence-electron chi connectivity index (χ3n) is 5.07. The van der Waals surface area contributed by atoms with Crippen LogP contribution in [0.4, 0.5) is 0 Å². The van der Waals surface area contributed by atoms with Gasteiger partial charge in [0, 0.05) is 0 Å². The molecule has 0 saturated heterocycles. The van der Waals surface area contributed by atoms with Crippen molar-refractivity contribution in [1.82, 2.24) is 0 Å². The number of rotatable bonds is 16. The number of allylic oxidation sites excluding steroid dienone is 2. The lowest BCUT2D eigenvalue weighted by molar-refractivity contribution is 0.0692. The molecule has 28 heavy (non-hydrogen) atoms. The van der Waals surface area contributed by atoms with Gasteiger partial charge in [0.05, 0.1) is 6.10 Å². The molecule has 3 N–H and O–H groups in total. The lowest BCUT2D eigenvalue weighted by atomic mass is 9.99. The number of aromatic carboxylic acids is 1. The lowest BCUT2D eigenvalue weighted by Gasteiger charge is -2.07. The Labute approximate surface area is 170 Å². The summed E-state index contributed by atoms with van der Waals surface area (Å²) in [5.41, 5.74) is 0.775. The summed E-state index contributed by atoms with van der Waals surface area (Å²) >= 11 is 0. The van der Waals surface area contributed by atoms with Crippen LogP contribution in [0.1, 0.15) is 99.9 Å². The number of hydrogen-bond acceptors (Lipinski definition) is 3. The molecule has 4 nitrogen and oxygen atoms in total. The van der Waals surface area contributed by atoms with Crippen LogP contribution < -0.4 is 0 Å². The summed E-state index contributed by atoms with van der Waals surface area (Å²) in [5.74, 6) is -1.20. The van der Waals surface area contributed by atoms with E-state index in [1.807, 2.05) is 6.92 Å². The maximum atomic E-state index is 11.2. The number of aliphatic hydroxyl groups is 1. The molecule has 4 heteroatoms. The van der Waals surface area contributed by atoms with Crippen LogP contribution in [0.5, 0.6) is 5.75 Å². The van der Waals surface area contributed by atoms with Gasteiger partial charge < -0.3 is 15.3 Å². The van der Waals surface area contributed by atoms with Gasteiger partial charge in [-0.3, -0.25) is 0 Å². The van der Waals surface area contributed by atoms with Gasteiger partial charge in [-0.15, -0.1) is 0 Å². The second-order valence-corrected chi connectivity index (χ2v) is 7.73. The van der Waals surface area contributed by atoms with E-state index in [0.29, 0.717) is 6.42 Å². The molecule has 0 heterocycles. The largest absolute Gasteiger partial charge is 0.507 e. The minimum Gasteiger partial charge on any atom is -0.507 e. The Balaban J connectivity index is 1.99. The zero-order valence-corrected chi connectivity index (χ0v) is 17.4. The molecule has 0 bridgehead atoms. The van der Waals surface area contributed by atoms with Gasteiger partial charge in [-0.2, -0.15) is 0 Å². The monoisotopic (exact) mass is 390 g/mol. The topological polar surface area (TPSA) is 77.8 Å². The molecule has 1 aromatic carbocycles. The van der Waals surface area contributed by atoms with Gasteiger partial charge in [0.1, 0.15) is 11.3 Å². The van der Waals surface area contributed by atoms with Crippen LogP contribution in [0.2, 0.25) is 0 Å². The molecule has 0 aliphatic heterocycles. The predicted molar refractivity (Wildman–Crippen MR) is 115 cm³/mol. The molecular weight excluding hydrogens is 352 g/mol. The Morgan fingerprint density at radius 2 is 1.50 bits per heavy atom. The summed E-state index contributed by atoms with van der Waals surface area (Å²) in [6.07, 6.45) is 18.8. The zero-order valence-electron chi connectivity index (χ0n) is 17.4. The molecular formula is C24H38O4. The lowest BCUT2D eigenvalue weighted by Crippen LogP contribution is -2.03. The van der Waals surface area contributed by atoms with E-state index < -0.39 is 5.97 Å². The molecule has 1 unspecified atom stereocenters. The Morgan fingerprint density at radius 1 is 0.929 bits per heavy atom. The summed E-state index contributed by atoms with van der Waals surface area (Å²) in [6, 6.07) is 4.93. The van der Waals surface area contributed by atoms with Crippen LogP contribution >= 0.6 is 0 Å². The summed E-state index contributed by atoms with van der Waals surface area (Å²) in [6.45, 7) is 1.85. The molecule has 0 saturated carbocycles. The molecule has 158 valence electrons. The van der Waals surface area contributed by atoms with Gasteiger partial charge in [0.2, 0.25) is 0 Å². The van der Waals surface area contributed by atoms with Crippen LogP contribution in [0.25, 0.3) is 0 Å². The van der Waals surface area contributed by atoms with Gasteiger partial charge in [0.25, 0.3) is 0 Å². The minimum absolute atomic E-state index is 0.0515. The van der Waals surface area contributed by atoms with E-state index in [4.69, 9.17) is 0 Å². The number of carboxylic acids is 1. The second-order valence-electron chi connectivity index (χ2n) is 7.73. The highest BCUT2D eigenvalue weighted by molar-refractivity contribution is 5.92. The van der Waals surface area contributed by atoms with E-state index >= 15 is 0 Å². The number of phenols is 1. The zero-order chi connectivity index (χ0) is 20.6. The van der Waals surface area contributed by atoms with Crippen LogP contribution in [-0.2, 0) is 6.42 Å². The van der Waals surface area contributed by atoms with Gasteiger partial charge in [0.15, 0.2) is 0 Å². The Kier molecular flexibility index (Phi) is 13.1. The third-order valence-corrected chi connectivity index (χ3v) is 5.07. The number of carbonyl (C=O) groups is 1. The van der Waals surface area contributed by atoms with Crippen LogP contribution in [0.15, 0.2) is 30.4 Å². The number of benzene rings is 1. The highest BCUT2D eigenvalue weighted by Crippen LogP contribution is 2.23. The number of aliphatic hydroxyl groups excluding tert-OH is 1. The van der Waals surface area contributed by atoms with E-state index in [9.17, 15) is 20.1 Å². The number of unbranched alkanes of at least 4 members (excludes halogenated alkanes) is 9. The van der Waals surface area contributed by atoms with Crippen molar-refractivity contribution in [3.8, 4) is 5.75 Å². The molecule has 0 aliphatic carbocycles. The molecule has 1 aromatic rings. The van der Waals surface area contributed by atoms with Crippen molar-refractivity contribution in [2.75, 3.05) is 0 Å². The van der Waals surface area contributed by atoms with Crippen molar-refractivity contribution in [1.29, 1.82) is 0 Å². The fourth-order valence-electron chi connectivity index (χ4n) is 3.44. The van der Waals surface area contributed by atoms with Crippen LogP contribution in [0.3, 0.4) is 0 Å². The molecule has 1 atom stereocenters. The quantitative estimate of drug-likeness (QED) is 0.230. The SMILES string of the molecule is CC(O)CCCCCC/C=C\CCCCCCCc1cccc(O)c1C(=O)O. The molecule has 0 aromatic heterocycles. The predicted octanol–water partition coefficient (Wildman–Crippen LogP) is 6.25. The molecule has 1 rings (SSSR count). The van der Waals surface area contributed by atoms with Crippen molar-refractivity contribution in [3.63, 3.8) is 0 Å².